The van der Waals surface area contributed by atoms with Crippen LogP contribution in [0, 0.1) is 0 Å². The molecule has 1 aliphatic heterocycles. The largest absolute Gasteiger partial charge is 0.479 e. The van der Waals surface area contributed by atoms with Crippen molar-refractivity contribution in [2.75, 3.05) is 12.8 Å². The smallest absolute Gasteiger partial charge is 0.329 e. The van der Waals surface area contributed by atoms with Gasteiger partial charge >= 0.3 is 5.97 Å². The van der Waals surface area contributed by atoms with E-state index in [1.165, 1.54) is 4.90 Å². The molecule has 1 aromatic rings. The Hall–Kier alpha value is -1.43. The van der Waals surface area contributed by atoms with Crippen LogP contribution in [0.1, 0.15) is 42.5 Å². The minimum atomic E-state index is -1.08. The van der Waals surface area contributed by atoms with E-state index in [4.69, 9.17) is 4.42 Å². The lowest BCUT2D eigenvalue weighted by atomic mass is 9.93. The summed E-state index contributed by atoms with van der Waals surface area (Å²) < 4.78 is 5.51. The van der Waals surface area contributed by atoms with Crippen LogP contribution in [0.15, 0.2) is 16.5 Å². The summed E-state index contributed by atoms with van der Waals surface area (Å²) in [5.74, 6) is 0.416. The van der Waals surface area contributed by atoms with E-state index in [0.717, 1.165) is 5.76 Å². The summed E-state index contributed by atoms with van der Waals surface area (Å²) >= 11 is 1.61. The highest BCUT2D eigenvalue weighted by Crippen LogP contribution is 2.34. The molecule has 2 heterocycles. The number of furan rings is 1. The van der Waals surface area contributed by atoms with Gasteiger partial charge in [0.1, 0.15) is 11.3 Å². The summed E-state index contributed by atoms with van der Waals surface area (Å²) in [6.45, 7) is 2.28. The zero-order chi connectivity index (χ0) is 14.8. The number of rotatable bonds is 5. The Morgan fingerprint density at radius 3 is 2.85 bits per heavy atom. The summed E-state index contributed by atoms with van der Waals surface area (Å²) in [7, 11) is 0. The van der Waals surface area contributed by atoms with Crippen LogP contribution < -0.4 is 0 Å². The van der Waals surface area contributed by atoms with E-state index in [2.05, 4.69) is 0 Å². The molecule has 0 spiro atoms. The lowest BCUT2D eigenvalue weighted by Crippen LogP contribution is -2.52. The van der Waals surface area contributed by atoms with Crippen molar-refractivity contribution >= 4 is 23.6 Å². The van der Waals surface area contributed by atoms with Crippen LogP contribution in [0.2, 0.25) is 0 Å². The van der Waals surface area contributed by atoms with Gasteiger partial charge in [0.15, 0.2) is 5.76 Å². The van der Waals surface area contributed by atoms with Crippen LogP contribution in [0.4, 0.5) is 0 Å². The highest BCUT2D eigenvalue weighted by Gasteiger charge is 2.49. The van der Waals surface area contributed by atoms with Gasteiger partial charge in [-0.05, 0) is 37.7 Å². The van der Waals surface area contributed by atoms with Crippen molar-refractivity contribution in [1.29, 1.82) is 0 Å². The van der Waals surface area contributed by atoms with Crippen molar-refractivity contribution in [3.63, 3.8) is 0 Å². The van der Waals surface area contributed by atoms with Gasteiger partial charge in [0.05, 0.1) is 5.75 Å². The van der Waals surface area contributed by atoms with Crippen LogP contribution in [0.25, 0.3) is 0 Å². The fraction of sp³-hybridized carbons (Fsp3) is 0.571. The monoisotopic (exact) mass is 297 g/mol. The fourth-order valence-electron chi connectivity index (χ4n) is 2.76. The molecule has 1 aliphatic rings. The topological polar surface area (TPSA) is 70.8 Å². The lowest BCUT2D eigenvalue weighted by Gasteiger charge is -2.33. The minimum absolute atomic E-state index is 0.232. The molecule has 1 fully saturated rings. The Morgan fingerprint density at radius 1 is 1.50 bits per heavy atom. The third-order valence-electron chi connectivity index (χ3n) is 3.88. The third-order valence-corrected chi connectivity index (χ3v) is 4.45. The Labute approximate surface area is 122 Å². The molecule has 1 unspecified atom stereocenters. The molecule has 6 heteroatoms. The fourth-order valence-corrected chi connectivity index (χ4v) is 3.20. The van der Waals surface area contributed by atoms with Gasteiger partial charge in [0, 0.05) is 6.54 Å². The summed E-state index contributed by atoms with van der Waals surface area (Å²) in [5.41, 5.74) is -1.08. The molecule has 1 atom stereocenters. The second kappa shape index (κ2) is 5.91. The first kappa shape index (κ1) is 15.0. The number of amides is 1. The number of thioether (sulfide) groups is 1. The maximum Gasteiger partial charge on any atom is 0.329 e. The number of aliphatic carboxylic acids is 1. The molecule has 0 bridgehead atoms. The zero-order valence-corrected chi connectivity index (χ0v) is 12.5. The second-order valence-electron chi connectivity index (χ2n) is 4.95. The molecule has 1 aromatic heterocycles. The molecule has 110 valence electrons. The molecule has 0 saturated carbocycles. The van der Waals surface area contributed by atoms with E-state index in [1.807, 2.05) is 6.26 Å². The van der Waals surface area contributed by atoms with E-state index in [1.54, 1.807) is 30.8 Å². The molecule has 0 radical (unpaired) electrons. The number of carboxylic acids is 1. The van der Waals surface area contributed by atoms with Crippen molar-refractivity contribution in [2.45, 2.75) is 37.5 Å². The van der Waals surface area contributed by atoms with E-state index < -0.39 is 11.5 Å². The van der Waals surface area contributed by atoms with Crippen molar-refractivity contribution in [2.24, 2.45) is 0 Å². The number of hydrogen-bond acceptors (Lipinski definition) is 4. The maximum atomic E-state index is 12.5. The number of nitrogens with zero attached hydrogens (tertiary/aromatic N) is 1. The van der Waals surface area contributed by atoms with Gasteiger partial charge in [-0.3, -0.25) is 4.79 Å². The van der Waals surface area contributed by atoms with Crippen LogP contribution in [0.3, 0.4) is 0 Å². The Kier molecular flexibility index (Phi) is 4.42. The number of carboxylic acid groups (broad SMARTS) is 1. The number of likely N-dealkylation sites (tertiary alicyclic amines) is 1. The average Bonchev–Trinajstić information content (AvgIpc) is 3.05. The molecule has 1 saturated heterocycles. The van der Waals surface area contributed by atoms with Crippen LogP contribution >= 0.6 is 11.8 Å². The Bertz CT molecular complexity index is 513. The maximum absolute atomic E-state index is 12.5. The van der Waals surface area contributed by atoms with E-state index in [9.17, 15) is 14.7 Å². The quantitative estimate of drug-likeness (QED) is 0.904. The molecule has 1 amide bonds. The van der Waals surface area contributed by atoms with Gasteiger partial charge in [-0.15, -0.1) is 0 Å². The summed E-state index contributed by atoms with van der Waals surface area (Å²) in [6.07, 6.45) is 3.58. The molecule has 5 nitrogen and oxygen atoms in total. The zero-order valence-electron chi connectivity index (χ0n) is 11.7. The van der Waals surface area contributed by atoms with Crippen LogP contribution in [-0.4, -0.2) is 40.2 Å². The Morgan fingerprint density at radius 2 is 2.25 bits per heavy atom. The average molecular weight is 297 g/mol. The molecule has 20 heavy (non-hydrogen) atoms. The molecule has 2 rings (SSSR count). The highest BCUT2D eigenvalue weighted by atomic mass is 32.2. The van der Waals surface area contributed by atoms with Gasteiger partial charge in [-0.2, -0.15) is 11.8 Å². The van der Waals surface area contributed by atoms with Gasteiger partial charge in [0.2, 0.25) is 0 Å². The van der Waals surface area contributed by atoms with Gasteiger partial charge in [-0.25, -0.2) is 4.79 Å². The third kappa shape index (κ3) is 2.44. The van der Waals surface area contributed by atoms with E-state index >= 15 is 0 Å². The van der Waals surface area contributed by atoms with Crippen molar-refractivity contribution in [3.8, 4) is 0 Å². The van der Waals surface area contributed by atoms with E-state index in [0.29, 0.717) is 31.6 Å². The first-order valence-electron chi connectivity index (χ1n) is 6.68. The van der Waals surface area contributed by atoms with Gasteiger partial charge in [-0.1, -0.05) is 6.92 Å². The van der Waals surface area contributed by atoms with Gasteiger partial charge < -0.3 is 14.4 Å². The second-order valence-corrected chi connectivity index (χ2v) is 5.82. The molecule has 1 N–H and O–H groups in total. The first-order chi connectivity index (χ1) is 9.55. The number of carbonyl (C=O) groups excluding carboxylic acids is 1. The predicted molar refractivity (Wildman–Crippen MR) is 76.9 cm³/mol. The Balaban J connectivity index is 2.24. The number of hydrogen-bond donors (Lipinski definition) is 1. The lowest BCUT2D eigenvalue weighted by molar-refractivity contribution is -0.148. The standard InChI is InChI=1S/C14H19NO4S/c1-3-14(13(17)18)7-4-8-15(14)12(16)11-6-5-10(19-11)9-20-2/h5-6H,3-4,7-9H2,1-2H3,(H,17,18). The van der Waals surface area contributed by atoms with Crippen molar-refractivity contribution in [1.82, 2.24) is 4.90 Å². The summed E-state index contributed by atoms with van der Waals surface area (Å²) in [4.78, 5) is 25.5. The normalized spacial score (nSPS) is 22.2. The van der Waals surface area contributed by atoms with Crippen LogP contribution in [-0.2, 0) is 10.5 Å². The molecule has 0 aliphatic carbocycles. The molecular formula is C14H19NO4S. The van der Waals surface area contributed by atoms with Crippen LogP contribution in [0.5, 0.6) is 0 Å². The molecular weight excluding hydrogens is 278 g/mol. The summed E-state index contributed by atoms with van der Waals surface area (Å²) in [6, 6.07) is 3.41. The summed E-state index contributed by atoms with van der Waals surface area (Å²) in [5, 5.41) is 9.49. The van der Waals surface area contributed by atoms with Crippen molar-refractivity contribution < 1.29 is 19.1 Å². The predicted octanol–water partition coefficient (Wildman–Crippen LogP) is 2.61. The highest BCUT2D eigenvalue weighted by molar-refractivity contribution is 7.97. The van der Waals surface area contributed by atoms with Crippen molar-refractivity contribution in [3.05, 3.63) is 23.7 Å². The molecule has 0 aromatic carbocycles. The van der Waals surface area contributed by atoms with E-state index in [-0.39, 0.29) is 11.7 Å². The number of carbonyl (C=O) groups is 2. The first-order valence-corrected chi connectivity index (χ1v) is 8.07. The SMILES string of the molecule is CCC1(C(=O)O)CCCN1C(=O)c1ccc(CSC)o1. The van der Waals surface area contributed by atoms with Gasteiger partial charge in [0.25, 0.3) is 5.91 Å². The minimum Gasteiger partial charge on any atom is -0.479 e.